The van der Waals surface area contributed by atoms with Crippen molar-refractivity contribution in [2.75, 3.05) is 0 Å². The molecule has 8 aromatic carbocycles. The Morgan fingerprint density at radius 2 is 0.776 bits per heavy atom. The van der Waals surface area contributed by atoms with Crippen molar-refractivity contribution in [2.24, 2.45) is 0 Å². The van der Waals surface area contributed by atoms with Crippen LogP contribution in [0.5, 0.6) is 0 Å². The second kappa shape index (κ2) is 13.4. The lowest BCUT2D eigenvalue weighted by molar-refractivity contribution is 0.660. The molecule has 58 heavy (non-hydrogen) atoms. The van der Waals surface area contributed by atoms with Gasteiger partial charge < -0.3 is 4.57 Å². The van der Waals surface area contributed by atoms with Crippen molar-refractivity contribution < 1.29 is 0 Å². The summed E-state index contributed by atoms with van der Waals surface area (Å²) in [6, 6.07) is 69.1. The fourth-order valence-electron chi connectivity index (χ4n) is 8.87. The van der Waals surface area contributed by atoms with Crippen LogP contribution >= 0.6 is 0 Å². The van der Waals surface area contributed by atoms with Crippen LogP contribution in [0.3, 0.4) is 0 Å². The van der Waals surface area contributed by atoms with Crippen LogP contribution in [-0.2, 0) is 5.41 Å². The maximum Gasteiger partial charge on any atom is 0.164 e. The smallest absolute Gasteiger partial charge is 0.164 e. The Hall–Kier alpha value is -7.43. The van der Waals surface area contributed by atoms with Crippen LogP contribution in [0.1, 0.15) is 25.0 Å². The average molecular weight is 743 g/mol. The molecule has 1 aliphatic carbocycles. The van der Waals surface area contributed by atoms with Gasteiger partial charge >= 0.3 is 0 Å². The Kier molecular flexibility index (Phi) is 7.80. The zero-order chi connectivity index (χ0) is 38.8. The van der Waals surface area contributed by atoms with E-state index in [1.165, 1.54) is 49.7 Å². The van der Waals surface area contributed by atoms with Crippen molar-refractivity contribution in [1.29, 1.82) is 0 Å². The second-order valence-electron chi connectivity index (χ2n) is 15.7. The summed E-state index contributed by atoms with van der Waals surface area (Å²) in [6.07, 6.45) is 0. The summed E-state index contributed by atoms with van der Waals surface area (Å²) in [5.41, 5.74) is 16.1. The topological polar surface area (TPSA) is 43.6 Å². The van der Waals surface area contributed by atoms with E-state index in [0.717, 1.165) is 39.0 Å². The number of aromatic nitrogens is 4. The third kappa shape index (κ3) is 5.56. The number of fused-ring (bicyclic) bond motifs is 6. The van der Waals surface area contributed by atoms with E-state index in [2.05, 4.69) is 188 Å². The second-order valence-corrected chi connectivity index (χ2v) is 15.7. The van der Waals surface area contributed by atoms with Gasteiger partial charge in [0.05, 0.1) is 11.0 Å². The Labute approximate surface area is 337 Å². The molecule has 274 valence electrons. The van der Waals surface area contributed by atoms with E-state index < -0.39 is 0 Å². The van der Waals surface area contributed by atoms with Gasteiger partial charge in [0.25, 0.3) is 0 Å². The molecule has 11 rings (SSSR count). The molecule has 2 aromatic heterocycles. The molecule has 4 nitrogen and oxygen atoms in total. The molecular weight excluding hydrogens is 705 g/mol. The zero-order valence-corrected chi connectivity index (χ0v) is 32.3. The summed E-state index contributed by atoms with van der Waals surface area (Å²) < 4.78 is 2.43. The van der Waals surface area contributed by atoms with Gasteiger partial charge in [0.1, 0.15) is 0 Å². The Morgan fingerprint density at radius 3 is 1.41 bits per heavy atom. The van der Waals surface area contributed by atoms with Gasteiger partial charge in [-0.15, -0.1) is 0 Å². The van der Waals surface area contributed by atoms with Gasteiger partial charge in [-0.05, 0) is 68.8 Å². The largest absolute Gasteiger partial charge is 0.309 e. The summed E-state index contributed by atoms with van der Waals surface area (Å²) in [5, 5.41) is 2.37. The molecule has 4 heteroatoms. The molecule has 0 radical (unpaired) electrons. The van der Waals surface area contributed by atoms with E-state index in [4.69, 9.17) is 15.0 Å². The highest BCUT2D eigenvalue weighted by Gasteiger charge is 2.35. The Balaban J connectivity index is 1.11. The van der Waals surface area contributed by atoms with Gasteiger partial charge in [0.15, 0.2) is 17.5 Å². The lowest BCUT2D eigenvalue weighted by atomic mass is 9.82. The van der Waals surface area contributed by atoms with Crippen LogP contribution in [-0.4, -0.2) is 19.5 Å². The number of rotatable bonds is 6. The van der Waals surface area contributed by atoms with E-state index >= 15 is 0 Å². The van der Waals surface area contributed by atoms with Gasteiger partial charge in [-0.3, -0.25) is 0 Å². The van der Waals surface area contributed by atoms with Crippen LogP contribution < -0.4 is 0 Å². The summed E-state index contributed by atoms with van der Waals surface area (Å²) >= 11 is 0. The summed E-state index contributed by atoms with van der Waals surface area (Å²) in [4.78, 5) is 15.4. The monoisotopic (exact) mass is 742 g/mol. The minimum atomic E-state index is -0.129. The van der Waals surface area contributed by atoms with E-state index in [9.17, 15) is 0 Å². The predicted molar refractivity (Wildman–Crippen MR) is 239 cm³/mol. The van der Waals surface area contributed by atoms with Crippen LogP contribution in [0, 0.1) is 0 Å². The molecule has 0 aliphatic heterocycles. The standard InChI is InChI=1S/C54H38N4/c1-54(2)47-21-13-12-20-43(47)44-31-28-42(34-48(44)54)58-49-32-40(36-16-8-4-9-17-36)26-29-45(49)46-30-27-41(33-50(46)58)53-56-51(38-18-10-5-11-19-38)55-52(57-53)39-24-22-37(23-25-39)35-14-6-3-7-15-35/h3-34H,1-2H3. The lowest BCUT2D eigenvalue weighted by Crippen LogP contribution is -2.15. The van der Waals surface area contributed by atoms with E-state index in [0.29, 0.717) is 17.5 Å². The lowest BCUT2D eigenvalue weighted by Gasteiger charge is -2.22. The molecule has 0 bridgehead atoms. The van der Waals surface area contributed by atoms with Crippen molar-refractivity contribution in [1.82, 2.24) is 19.5 Å². The quantitative estimate of drug-likeness (QED) is 0.170. The summed E-state index contributed by atoms with van der Waals surface area (Å²) in [5.74, 6) is 1.91. The Bertz CT molecular complexity index is 3160. The first-order valence-corrected chi connectivity index (χ1v) is 19.9. The minimum Gasteiger partial charge on any atom is -0.309 e. The predicted octanol–water partition coefficient (Wildman–Crippen LogP) is 13.6. The third-order valence-electron chi connectivity index (χ3n) is 11.9. The molecule has 2 heterocycles. The Morgan fingerprint density at radius 1 is 0.345 bits per heavy atom. The summed E-state index contributed by atoms with van der Waals surface area (Å²) in [6.45, 7) is 4.69. The molecule has 0 saturated heterocycles. The molecule has 0 N–H and O–H groups in total. The molecule has 0 saturated carbocycles. The van der Waals surface area contributed by atoms with Crippen LogP contribution in [0.2, 0.25) is 0 Å². The van der Waals surface area contributed by atoms with Gasteiger partial charge in [0.2, 0.25) is 0 Å². The third-order valence-corrected chi connectivity index (χ3v) is 11.9. The molecular formula is C54H38N4. The highest BCUT2D eigenvalue weighted by molar-refractivity contribution is 6.11. The van der Waals surface area contributed by atoms with E-state index in [-0.39, 0.29) is 5.41 Å². The van der Waals surface area contributed by atoms with Gasteiger partial charge in [-0.25, -0.2) is 15.0 Å². The number of benzene rings is 8. The van der Waals surface area contributed by atoms with Crippen LogP contribution in [0.4, 0.5) is 0 Å². The van der Waals surface area contributed by atoms with Crippen molar-refractivity contribution in [3.05, 3.63) is 205 Å². The summed E-state index contributed by atoms with van der Waals surface area (Å²) in [7, 11) is 0. The first-order valence-electron chi connectivity index (χ1n) is 19.9. The van der Waals surface area contributed by atoms with Gasteiger partial charge in [0, 0.05) is 38.6 Å². The normalized spacial score (nSPS) is 12.8. The number of hydrogen-bond acceptors (Lipinski definition) is 3. The maximum absolute atomic E-state index is 5.18. The highest BCUT2D eigenvalue weighted by Crippen LogP contribution is 2.49. The molecule has 0 spiro atoms. The molecule has 0 atom stereocenters. The van der Waals surface area contributed by atoms with Crippen molar-refractivity contribution >= 4 is 21.8 Å². The molecule has 1 aliphatic rings. The minimum absolute atomic E-state index is 0.129. The van der Waals surface area contributed by atoms with Crippen molar-refractivity contribution in [2.45, 2.75) is 19.3 Å². The first-order chi connectivity index (χ1) is 28.5. The number of hydrogen-bond donors (Lipinski definition) is 0. The van der Waals surface area contributed by atoms with Gasteiger partial charge in [-0.2, -0.15) is 0 Å². The van der Waals surface area contributed by atoms with E-state index in [1.54, 1.807) is 0 Å². The maximum atomic E-state index is 5.18. The SMILES string of the molecule is CC1(C)c2ccccc2-c2ccc(-n3c4cc(-c5ccccc5)ccc4c4ccc(-c5nc(-c6ccccc6)nc(-c6ccc(-c7ccccc7)cc6)n5)cc43)cc21. The number of nitrogens with zero attached hydrogens (tertiary/aromatic N) is 4. The molecule has 10 aromatic rings. The molecule has 0 amide bonds. The fourth-order valence-corrected chi connectivity index (χ4v) is 8.87. The highest BCUT2D eigenvalue weighted by atomic mass is 15.0. The van der Waals surface area contributed by atoms with Crippen molar-refractivity contribution in [3.63, 3.8) is 0 Å². The molecule has 0 unspecified atom stereocenters. The van der Waals surface area contributed by atoms with Gasteiger partial charge in [-0.1, -0.05) is 184 Å². The fraction of sp³-hybridized carbons (Fsp3) is 0.0556. The van der Waals surface area contributed by atoms with Crippen molar-refractivity contribution in [3.8, 4) is 73.2 Å². The zero-order valence-electron chi connectivity index (χ0n) is 32.3. The molecule has 0 fully saturated rings. The first kappa shape index (κ1) is 33.9. The van der Waals surface area contributed by atoms with E-state index in [1.807, 2.05) is 24.3 Å². The van der Waals surface area contributed by atoms with Crippen LogP contribution in [0.25, 0.3) is 95.0 Å². The average Bonchev–Trinajstić information content (AvgIpc) is 3.74. The van der Waals surface area contributed by atoms with Crippen LogP contribution in [0.15, 0.2) is 194 Å².